The lowest BCUT2D eigenvalue weighted by atomic mass is 10.1. The molecule has 0 aliphatic rings. The largest absolute Gasteiger partial charge is 0.497 e. The van der Waals surface area contributed by atoms with E-state index in [9.17, 15) is 4.79 Å². The molecule has 33 heavy (non-hydrogen) atoms. The summed E-state index contributed by atoms with van der Waals surface area (Å²) in [5.74, 6) is 2.04. The second-order valence-electron chi connectivity index (χ2n) is 7.46. The molecule has 0 saturated heterocycles. The summed E-state index contributed by atoms with van der Waals surface area (Å²) in [4.78, 5) is 21.6. The van der Waals surface area contributed by atoms with Gasteiger partial charge < -0.3 is 14.5 Å². The van der Waals surface area contributed by atoms with Gasteiger partial charge in [-0.3, -0.25) is 9.36 Å². The van der Waals surface area contributed by atoms with Crippen LogP contribution in [-0.4, -0.2) is 28.8 Å². The van der Waals surface area contributed by atoms with Crippen LogP contribution in [0.2, 0.25) is 0 Å². The van der Waals surface area contributed by atoms with Crippen molar-refractivity contribution < 1.29 is 9.47 Å². The van der Waals surface area contributed by atoms with Crippen LogP contribution in [0.3, 0.4) is 0 Å². The lowest BCUT2D eigenvalue weighted by Crippen LogP contribution is -2.22. The van der Waals surface area contributed by atoms with Gasteiger partial charge in [-0.1, -0.05) is 0 Å². The molecule has 164 valence electrons. The van der Waals surface area contributed by atoms with E-state index in [0.29, 0.717) is 22.4 Å². The normalized spacial score (nSPS) is 11.5. The predicted molar refractivity (Wildman–Crippen MR) is 140 cm³/mol. The summed E-state index contributed by atoms with van der Waals surface area (Å²) < 4.78 is 13.3. The maximum Gasteiger partial charge on any atom is 0.266 e. The van der Waals surface area contributed by atoms with E-state index in [4.69, 9.17) is 14.5 Å². The molecule has 5 rings (SSSR count). The fourth-order valence-corrected chi connectivity index (χ4v) is 4.31. The zero-order valence-electron chi connectivity index (χ0n) is 18.0. The molecule has 2 aromatic heterocycles. The number of fused-ring (bicyclic) bond motifs is 2. The van der Waals surface area contributed by atoms with E-state index < -0.39 is 0 Å². The van der Waals surface area contributed by atoms with E-state index >= 15 is 0 Å². The van der Waals surface area contributed by atoms with Crippen molar-refractivity contribution in [2.24, 2.45) is 0 Å². The molecule has 0 fully saturated rings. The number of H-pyrrole nitrogens is 1. The Bertz CT molecular complexity index is 1570. The van der Waals surface area contributed by atoms with Crippen molar-refractivity contribution in [2.75, 3.05) is 14.2 Å². The van der Waals surface area contributed by atoms with E-state index in [2.05, 4.69) is 27.6 Å². The van der Waals surface area contributed by atoms with Crippen molar-refractivity contribution in [3.8, 4) is 17.2 Å². The minimum atomic E-state index is -0.121. The minimum absolute atomic E-state index is 0.121. The van der Waals surface area contributed by atoms with Gasteiger partial charge in [-0.2, -0.15) is 0 Å². The zero-order chi connectivity index (χ0) is 22.9. The number of hydrogen-bond acceptors (Lipinski definition) is 4. The molecular formula is C26H20IN3O3. The number of aromatic nitrogens is 3. The number of hydrogen-bond donors (Lipinski definition) is 1. The number of halogens is 1. The molecule has 6 nitrogen and oxygen atoms in total. The SMILES string of the molecule is COc1ccc(-n2c(/C=C/c3c[nH]c4ccc(OC)cc34)nc3ccc(I)cc3c2=O)cc1. The Morgan fingerprint density at radius 1 is 0.909 bits per heavy atom. The molecule has 0 saturated carbocycles. The van der Waals surface area contributed by atoms with Gasteiger partial charge in [0.15, 0.2) is 0 Å². The average molecular weight is 549 g/mol. The van der Waals surface area contributed by atoms with Gasteiger partial charge in [-0.25, -0.2) is 4.98 Å². The molecule has 5 aromatic rings. The molecule has 2 heterocycles. The molecule has 0 spiro atoms. The van der Waals surface area contributed by atoms with Crippen molar-refractivity contribution in [3.63, 3.8) is 0 Å². The van der Waals surface area contributed by atoms with E-state index in [1.807, 2.05) is 79.0 Å². The highest BCUT2D eigenvalue weighted by Gasteiger charge is 2.12. The van der Waals surface area contributed by atoms with Crippen molar-refractivity contribution in [1.29, 1.82) is 0 Å². The third-order valence-corrected chi connectivity index (χ3v) is 6.19. The number of rotatable bonds is 5. The highest BCUT2D eigenvalue weighted by Crippen LogP contribution is 2.25. The summed E-state index contributed by atoms with van der Waals surface area (Å²) >= 11 is 2.21. The van der Waals surface area contributed by atoms with Crippen molar-refractivity contribution in [2.45, 2.75) is 0 Å². The molecule has 0 aliphatic carbocycles. The molecule has 0 atom stereocenters. The van der Waals surface area contributed by atoms with E-state index in [0.717, 1.165) is 31.5 Å². The first-order valence-electron chi connectivity index (χ1n) is 10.3. The molecule has 0 aliphatic heterocycles. The van der Waals surface area contributed by atoms with Gasteiger partial charge in [0.2, 0.25) is 0 Å². The third-order valence-electron chi connectivity index (χ3n) is 5.52. The number of ether oxygens (including phenoxy) is 2. The van der Waals surface area contributed by atoms with Crippen molar-refractivity contribution >= 4 is 56.5 Å². The first kappa shape index (κ1) is 21.3. The number of methoxy groups -OCH3 is 2. The smallest absolute Gasteiger partial charge is 0.266 e. The van der Waals surface area contributed by atoms with Gasteiger partial charge in [0.1, 0.15) is 17.3 Å². The van der Waals surface area contributed by atoms with Gasteiger partial charge in [0.25, 0.3) is 5.56 Å². The fourth-order valence-electron chi connectivity index (χ4n) is 3.82. The average Bonchev–Trinajstić information content (AvgIpc) is 3.25. The second-order valence-corrected chi connectivity index (χ2v) is 8.70. The van der Waals surface area contributed by atoms with Gasteiger partial charge >= 0.3 is 0 Å². The zero-order valence-corrected chi connectivity index (χ0v) is 20.2. The molecule has 1 N–H and O–H groups in total. The number of nitrogens with one attached hydrogen (secondary N) is 1. The van der Waals surface area contributed by atoms with Gasteiger partial charge in [0.05, 0.1) is 30.8 Å². The number of nitrogens with zero attached hydrogens (tertiary/aromatic N) is 2. The van der Waals surface area contributed by atoms with Crippen LogP contribution in [-0.2, 0) is 0 Å². The van der Waals surface area contributed by atoms with Gasteiger partial charge in [-0.05, 0) is 95.4 Å². The Morgan fingerprint density at radius 2 is 1.67 bits per heavy atom. The van der Waals surface area contributed by atoms with Crippen LogP contribution in [0.1, 0.15) is 11.4 Å². The predicted octanol–water partition coefficient (Wildman–Crippen LogP) is 5.66. The van der Waals surface area contributed by atoms with Crippen LogP contribution in [0.5, 0.6) is 11.5 Å². The van der Waals surface area contributed by atoms with Gasteiger partial charge in [-0.15, -0.1) is 0 Å². The monoisotopic (exact) mass is 549 g/mol. The highest BCUT2D eigenvalue weighted by atomic mass is 127. The lowest BCUT2D eigenvalue weighted by molar-refractivity contribution is 0.414. The van der Waals surface area contributed by atoms with Crippen LogP contribution in [0.15, 0.2) is 71.7 Å². The van der Waals surface area contributed by atoms with Crippen molar-refractivity contribution in [3.05, 3.63) is 92.2 Å². The second kappa shape index (κ2) is 8.74. The van der Waals surface area contributed by atoms with Crippen LogP contribution < -0.4 is 15.0 Å². The maximum absolute atomic E-state index is 13.5. The Balaban J connectivity index is 1.70. The van der Waals surface area contributed by atoms with Gasteiger partial charge in [0, 0.05) is 26.2 Å². The first-order chi connectivity index (χ1) is 16.1. The summed E-state index contributed by atoms with van der Waals surface area (Å²) in [6.45, 7) is 0. The molecule has 0 amide bonds. The van der Waals surface area contributed by atoms with Crippen LogP contribution in [0.4, 0.5) is 0 Å². The quantitative estimate of drug-likeness (QED) is 0.288. The summed E-state index contributed by atoms with van der Waals surface area (Å²) in [7, 11) is 3.27. The fraction of sp³-hybridized carbons (Fsp3) is 0.0769. The lowest BCUT2D eigenvalue weighted by Gasteiger charge is -2.12. The molecule has 0 unspecified atom stereocenters. The molecular weight excluding hydrogens is 529 g/mol. The Hall–Kier alpha value is -3.59. The van der Waals surface area contributed by atoms with Crippen LogP contribution in [0.25, 0.3) is 39.6 Å². The molecule has 3 aromatic carbocycles. The van der Waals surface area contributed by atoms with Crippen LogP contribution in [0, 0.1) is 3.57 Å². The van der Waals surface area contributed by atoms with E-state index in [1.165, 1.54) is 0 Å². The summed E-state index contributed by atoms with van der Waals surface area (Å²) in [5, 5.41) is 1.60. The summed E-state index contributed by atoms with van der Waals surface area (Å²) in [6.07, 6.45) is 5.75. The molecule has 0 bridgehead atoms. The highest BCUT2D eigenvalue weighted by molar-refractivity contribution is 14.1. The maximum atomic E-state index is 13.5. The summed E-state index contributed by atoms with van der Waals surface area (Å²) in [5.41, 5.74) is 3.23. The van der Waals surface area contributed by atoms with E-state index in [-0.39, 0.29) is 5.56 Å². The van der Waals surface area contributed by atoms with Crippen LogP contribution >= 0.6 is 22.6 Å². The molecule has 7 heteroatoms. The number of benzene rings is 3. The summed E-state index contributed by atoms with van der Waals surface area (Å²) in [6, 6.07) is 19.0. The standard InChI is InChI=1S/C26H20IN3O3/c1-32-19-7-5-18(6-8-19)30-25(29-24-10-4-17(27)13-22(24)26(30)31)12-3-16-15-28-23-11-9-20(33-2)14-21(16)23/h3-15,28H,1-2H3/b12-3+. The van der Waals surface area contributed by atoms with E-state index in [1.54, 1.807) is 18.8 Å². The first-order valence-corrected chi connectivity index (χ1v) is 11.4. The van der Waals surface area contributed by atoms with Crippen molar-refractivity contribution in [1.82, 2.24) is 14.5 Å². The third kappa shape index (κ3) is 4.00. The Kier molecular flexibility index (Phi) is 5.63. The topological polar surface area (TPSA) is 69.1 Å². The molecule has 0 radical (unpaired) electrons. The number of aromatic amines is 1. The minimum Gasteiger partial charge on any atom is -0.497 e. The Morgan fingerprint density at radius 3 is 2.42 bits per heavy atom. The Labute approximate surface area is 203 Å².